The van der Waals surface area contributed by atoms with Crippen molar-refractivity contribution in [3.63, 3.8) is 0 Å². The summed E-state index contributed by atoms with van der Waals surface area (Å²) in [6.07, 6.45) is -9.80. The lowest BCUT2D eigenvalue weighted by Gasteiger charge is -2.22. The van der Waals surface area contributed by atoms with Gasteiger partial charge in [0, 0.05) is 11.5 Å². The minimum atomic E-state index is -4.90. The molecular formula is C6H4F6S2. The molecule has 0 bridgehead atoms. The molecule has 1 heterocycles. The first-order valence-corrected chi connectivity index (χ1v) is 5.34. The van der Waals surface area contributed by atoms with E-state index in [0.717, 1.165) is 0 Å². The molecule has 0 aromatic heterocycles. The number of rotatable bonds is 0. The molecule has 1 aliphatic rings. The summed E-state index contributed by atoms with van der Waals surface area (Å²) in [5.41, 5.74) is 0. The van der Waals surface area contributed by atoms with E-state index in [1.165, 1.54) is 0 Å². The molecule has 0 amide bonds. The number of hydrogen-bond acceptors (Lipinski definition) is 2. The molecule has 82 valence electrons. The van der Waals surface area contributed by atoms with Crippen molar-refractivity contribution in [3.05, 3.63) is 9.81 Å². The molecule has 0 nitrogen and oxygen atoms in total. The van der Waals surface area contributed by atoms with Crippen molar-refractivity contribution in [2.45, 2.75) is 12.4 Å². The van der Waals surface area contributed by atoms with Crippen LogP contribution in [0.4, 0.5) is 26.3 Å². The van der Waals surface area contributed by atoms with Crippen LogP contribution in [0.2, 0.25) is 0 Å². The molecule has 0 unspecified atom stereocenters. The van der Waals surface area contributed by atoms with Crippen molar-refractivity contribution in [2.75, 3.05) is 11.5 Å². The van der Waals surface area contributed by atoms with E-state index in [2.05, 4.69) is 0 Å². The van der Waals surface area contributed by atoms with Crippen molar-refractivity contribution >= 4 is 23.5 Å². The minimum absolute atomic E-state index is 0.0547. The monoisotopic (exact) mass is 254 g/mol. The van der Waals surface area contributed by atoms with Crippen LogP contribution < -0.4 is 0 Å². The predicted octanol–water partition coefficient (Wildman–Crippen LogP) is 3.80. The summed E-state index contributed by atoms with van der Waals surface area (Å²) in [6.45, 7) is 0. The van der Waals surface area contributed by atoms with Crippen LogP contribution in [0, 0.1) is 0 Å². The maximum absolute atomic E-state index is 12.1. The van der Waals surface area contributed by atoms with Crippen molar-refractivity contribution in [3.8, 4) is 0 Å². The average molecular weight is 254 g/mol. The van der Waals surface area contributed by atoms with Crippen LogP contribution in [-0.4, -0.2) is 23.9 Å². The number of halogens is 6. The van der Waals surface area contributed by atoms with Crippen LogP contribution in [0.3, 0.4) is 0 Å². The van der Waals surface area contributed by atoms with Crippen LogP contribution in [0.15, 0.2) is 9.81 Å². The number of thioether (sulfide) groups is 2. The van der Waals surface area contributed by atoms with Gasteiger partial charge in [0.2, 0.25) is 0 Å². The summed E-state index contributed by atoms with van der Waals surface area (Å²) in [5.74, 6) is 0.109. The maximum atomic E-state index is 12.1. The molecule has 0 fully saturated rings. The number of allylic oxidation sites excluding steroid dienone is 2. The van der Waals surface area contributed by atoms with E-state index in [-0.39, 0.29) is 35.0 Å². The second-order valence-corrected chi connectivity index (χ2v) is 4.56. The van der Waals surface area contributed by atoms with E-state index in [0.29, 0.717) is 0 Å². The molecule has 0 aromatic carbocycles. The first-order valence-electron chi connectivity index (χ1n) is 3.37. The lowest BCUT2D eigenvalue weighted by atomic mass is 10.4. The van der Waals surface area contributed by atoms with Gasteiger partial charge in [0.05, 0.1) is 0 Å². The molecule has 1 rings (SSSR count). The van der Waals surface area contributed by atoms with Crippen molar-refractivity contribution in [1.29, 1.82) is 0 Å². The van der Waals surface area contributed by atoms with Gasteiger partial charge in [-0.3, -0.25) is 0 Å². The second-order valence-electron chi connectivity index (χ2n) is 2.35. The Morgan fingerprint density at radius 1 is 0.714 bits per heavy atom. The van der Waals surface area contributed by atoms with E-state index in [9.17, 15) is 26.3 Å². The third-order valence-corrected chi connectivity index (χ3v) is 3.95. The summed E-state index contributed by atoms with van der Waals surface area (Å²) in [7, 11) is 0. The van der Waals surface area contributed by atoms with Gasteiger partial charge < -0.3 is 0 Å². The van der Waals surface area contributed by atoms with Gasteiger partial charge in [0.1, 0.15) is 9.81 Å². The number of alkyl halides is 6. The third kappa shape index (κ3) is 2.75. The fraction of sp³-hybridized carbons (Fsp3) is 0.667. The van der Waals surface area contributed by atoms with Crippen LogP contribution in [-0.2, 0) is 0 Å². The Kier molecular flexibility index (Phi) is 3.35. The normalized spacial score (nSPS) is 20.1. The molecule has 0 saturated carbocycles. The Hall–Kier alpha value is 0.0200. The Balaban J connectivity index is 3.10. The quantitative estimate of drug-likeness (QED) is 0.603. The Morgan fingerprint density at radius 3 is 1.21 bits per heavy atom. The summed E-state index contributed by atoms with van der Waals surface area (Å²) in [4.78, 5) is -3.03. The molecule has 0 radical (unpaired) electrons. The topological polar surface area (TPSA) is 0 Å². The zero-order chi connectivity index (χ0) is 11.0. The molecule has 0 saturated heterocycles. The van der Waals surface area contributed by atoms with E-state index in [1.807, 2.05) is 0 Å². The highest BCUT2D eigenvalue weighted by molar-refractivity contribution is 8.10. The molecule has 1 aliphatic heterocycles. The van der Waals surface area contributed by atoms with Crippen LogP contribution in [0.1, 0.15) is 0 Å². The summed E-state index contributed by atoms with van der Waals surface area (Å²) in [5, 5.41) is 0. The van der Waals surface area contributed by atoms with E-state index in [1.54, 1.807) is 0 Å². The van der Waals surface area contributed by atoms with Gasteiger partial charge in [-0.1, -0.05) is 0 Å². The zero-order valence-electron chi connectivity index (χ0n) is 6.50. The Labute approximate surface area is 84.1 Å². The van der Waals surface area contributed by atoms with E-state index in [4.69, 9.17) is 0 Å². The minimum Gasteiger partial charge on any atom is -0.166 e. The van der Waals surface area contributed by atoms with Crippen LogP contribution in [0.25, 0.3) is 0 Å². The van der Waals surface area contributed by atoms with Crippen LogP contribution in [0.5, 0.6) is 0 Å². The lowest BCUT2D eigenvalue weighted by molar-refractivity contribution is -0.104. The standard InChI is InChI=1S/C6H4F6S2/c7-5(8,9)3-4(6(10,11)12)14-2-1-13-3/h1-2H2. The second kappa shape index (κ2) is 3.88. The molecule has 0 aliphatic carbocycles. The Bertz CT molecular complexity index is 224. The highest BCUT2D eigenvalue weighted by Gasteiger charge is 2.47. The smallest absolute Gasteiger partial charge is 0.166 e. The molecule has 0 aromatic rings. The highest BCUT2D eigenvalue weighted by atomic mass is 32.2. The largest absolute Gasteiger partial charge is 0.423 e. The molecule has 0 N–H and O–H groups in total. The van der Waals surface area contributed by atoms with Gasteiger partial charge in [-0.05, 0) is 0 Å². The molecule has 0 spiro atoms. The van der Waals surface area contributed by atoms with Gasteiger partial charge in [0.25, 0.3) is 0 Å². The van der Waals surface area contributed by atoms with Gasteiger partial charge in [-0.15, -0.1) is 23.5 Å². The SMILES string of the molecule is FC(F)(F)C1=C(C(F)(F)F)SCCS1. The summed E-state index contributed by atoms with van der Waals surface area (Å²) in [6, 6.07) is 0. The first-order chi connectivity index (χ1) is 6.23. The molecule has 8 heteroatoms. The Morgan fingerprint density at radius 2 is 1.00 bits per heavy atom. The zero-order valence-corrected chi connectivity index (χ0v) is 8.13. The van der Waals surface area contributed by atoms with Gasteiger partial charge in [-0.2, -0.15) is 26.3 Å². The van der Waals surface area contributed by atoms with Gasteiger partial charge >= 0.3 is 12.4 Å². The molecular weight excluding hydrogens is 250 g/mol. The predicted molar refractivity (Wildman–Crippen MR) is 44.1 cm³/mol. The van der Waals surface area contributed by atoms with E-state index >= 15 is 0 Å². The third-order valence-electron chi connectivity index (χ3n) is 1.30. The fourth-order valence-electron chi connectivity index (χ4n) is 0.840. The molecule has 0 atom stereocenters. The highest BCUT2D eigenvalue weighted by Crippen LogP contribution is 2.49. The van der Waals surface area contributed by atoms with E-state index < -0.39 is 22.2 Å². The van der Waals surface area contributed by atoms with Crippen molar-refractivity contribution in [2.24, 2.45) is 0 Å². The fourth-order valence-corrected chi connectivity index (χ4v) is 3.09. The van der Waals surface area contributed by atoms with Crippen molar-refractivity contribution < 1.29 is 26.3 Å². The summed E-state index contributed by atoms with van der Waals surface area (Å²) < 4.78 is 72.8. The summed E-state index contributed by atoms with van der Waals surface area (Å²) >= 11 is 0.438. The van der Waals surface area contributed by atoms with Crippen LogP contribution >= 0.6 is 23.5 Å². The lowest BCUT2D eigenvalue weighted by Crippen LogP contribution is -2.22. The average Bonchev–Trinajstić information content (AvgIpc) is 2.01. The molecule has 14 heavy (non-hydrogen) atoms. The maximum Gasteiger partial charge on any atom is 0.423 e. The van der Waals surface area contributed by atoms with Gasteiger partial charge in [-0.25, -0.2) is 0 Å². The van der Waals surface area contributed by atoms with Gasteiger partial charge in [0.15, 0.2) is 0 Å². The van der Waals surface area contributed by atoms with Crippen molar-refractivity contribution in [1.82, 2.24) is 0 Å². The first kappa shape index (κ1) is 12.1. The number of hydrogen-bond donors (Lipinski definition) is 0.